The minimum Gasteiger partial charge on any atom is -0.383 e. The molecule has 1 saturated heterocycles. The summed E-state index contributed by atoms with van der Waals surface area (Å²) in [5.41, 5.74) is 6.27. The fraction of sp³-hybridized carbons (Fsp3) is 0.333. The number of pyridine rings is 1. The monoisotopic (exact) mass is 271 g/mol. The highest BCUT2D eigenvalue weighted by Gasteiger charge is 2.18. The number of fused-ring (bicyclic) bond motifs is 1. The lowest BCUT2D eigenvalue weighted by atomic mass is 10.1. The van der Waals surface area contributed by atoms with Gasteiger partial charge in [0, 0.05) is 12.0 Å². The van der Waals surface area contributed by atoms with E-state index in [0.29, 0.717) is 18.1 Å². The molecule has 3 rings (SSSR count). The number of carbonyl (C=O) groups is 1. The van der Waals surface area contributed by atoms with Gasteiger partial charge in [-0.2, -0.15) is 0 Å². The predicted octanol–water partition coefficient (Wildman–Crippen LogP) is 1.73. The Labute approximate surface area is 117 Å². The highest BCUT2D eigenvalue weighted by Crippen LogP contribution is 2.20. The van der Waals surface area contributed by atoms with Crippen LogP contribution in [0.1, 0.15) is 23.3 Å². The Kier molecular flexibility index (Phi) is 3.52. The smallest absolute Gasteiger partial charge is 0.270 e. The van der Waals surface area contributed by atoms with Gasteiger partial charge >= 0.3 is 0 Å². The number of aromatic nitrogens is 1. The molecule has 2 aromatic rings. The number of hydrogen-bond acceptors (Lipinski definition) is 4. The number of rotatable bonds is 2. The molecule has 1 amide bonds. The van der Waals surface area contributed by atoms with Crippen molar-refractivity contribution in [3.05, 3.63) is 36.0 Å². The molecule has 3 N–H and O–H groups in total. The van der Waals surface area contributed by atoms with E-state index in [4.69, 9.17) is 10.5 Å². The quantitative estimate of drug-likeness (QED) is 0.872. The SMILES string of the molecule is Nc1nc(C(=O)NC2CCCOC2)cc2ccccc12. The Morgan fingerprint density at radius 1 is 1.40 bits per heavy atom. The van der Waals surface area contributed by atoms with Gasteiger partial charge in [0.05, 0.1) is 12.6 Å². The minimum absolute atomic E-state index is 0.0609. The number of carbonyl (C=O) groups excluding carboxylic acids is 1. The molecule has 104 valence electrons. The summed E-state index contributed by atoms with van der Waals surface area (Å²) < 4.78 is 5.35. The first-order chi connectivity index (χ1) is 9.74. The highest BCUT2D eigenvalue weighted by atomic mass is 16.5. The molecule has 0 spiro atoms. The fourth-order valence-corrected chi connectivity index (χ4v) is 2.46. The van der Waals surface area contributed by atoms with E-state index in [1.54, 1.807) is 6.07 Å². The van der Waals surface area contributed by atoms with Gasteiger partial charge in [-0.05, 0) is 24.3 Å². The number of anilines is 1. The number of ether oxygens (including phenoxy) is 1. The number of hydrogen-bond donors (Lipinski definition) is 2. The van der Waals surface area contributed by atoms with Crippen LogP contribution in [0.3, 0.4) is 0 Å². The van der Waals surface area contributed by atoms with E-state index < -0.39 is 0 Å². The Balaban J connectivity index is 1.84. The van der Waals surface area contributed by atoms with Gasteiger partial charge in [0.2, 0.25) is 0 Å². The van der Waals surface area contributed by atoms with Gasteiger partial charge in [-0.1, -0.05) is 24.3 Å². The summed E-state index contributed by atoms with van der Waals surface area (Å²) in [5.74, 6) is 0.186. The lowest BCUT2D eigenvalue weighted by Gasteiger charge is -2.23. The summed E-state index contributed by atoms with van der Waals surface area (Å²) in [5, 5.41) is 4.73. The minimum atomic E-state index is -0.196. The highest BCUT2D eigenvalue weighted by molar-refractivity contribution is 5.99. The third-order valence-electron chi connectivity index (χ3n) is 3.50. The van der Waals surface area contributed by atoms with Crippen LogP contribution < -0.4 is 11.1 Å². The standard InChI is InChI=1S/C15H17N3O2/c16-14-12-6-2-1-4-10(12)8-13(18-14)15(19)17-11-5-3-7-20-9-11/h1-2,4,6,8,11H,3,5,7,9H2,(H2,16,18)(H,17,19). The molecule has 0 saturated carbocycles. The van der Waals surface area contributed by atoms with Gasteiger partial charge < -0.3 is 15.8 Å². The Morgan fingerprint density at radius 2 is 2.25 bits per heavy atom. The first kappa shape index (κ1) is 12.9. The maximum absolute atomic E-state index is 12.2. The zero-order valence-corrected chi connectivity index (χ0v) is 11.1. The summed E-state index contributed by atoms with van der Waals surface area (Å²) >= 11 is 0. The normalized spacial score (nSPS) is 18.9. The van der Waals surface area contributed by atoms with Crippen LogP contribution in [0.4, 0.5) is 5.82 Å². The van der Waals surface area contributed by atoms with Crippen LogP contribution >= 0.6 is 0 Å². The van der Waals surface area contributed by atoms with Gasteiger partial charge in [-0.3, -0.25) is 4.79 Å². The molecule has 2 heterocycles. The summed E-state index contributed by atoms with van der Waals surface area (Å²) in [6.45, 7) is 1.34. The molecule has 1 unspecified atom stereocenters. The molecular weight excluding hydrogens is 254 g/mol. The van der Waals surface area contributed by atoms with Crippen molar-refractivity contribution in [1.82, 2.24) is 10.3 Å². The summed E-state index contributed by atoms with van der Waals surface area (Å²) in [6, 6.07) is 9.47. The largest absolute Gasteiger partial charge is 0.383 e. The van der Waals surface area contributed by atoms with E-state index in [1.807, 2.05) is 24.3 Å². The Morgan fingerprint density at radius 3 is 3.05 bits per heavy atom. The second-order valence-corrected chi connectivity index (χ2v) is 5.00. The summed E-state index contributed by atoms with van der Waals surface area (Å²) in [4.78, 5) is 16.4. The molecule has 5 heteroatoms. The van der Waals surface area contributed by atoms with Crippen molar-refractivity contribution in [3.8, 4) is 0 Å². The first-order valence-corrected chi connectivity index (χ1v) is 6.78. The van der Waals surface area contributed by atoms with E-state index in [2.05, 4.69) is 10.3 Å². The van der Waals surface area contributed by atoms with Gasteiger partial charge in [0.15, 0.2) is 0 Å². The zero-order chi connectivity index (χ0) is 13.9. The fourth-order valence-electron chi connectivity index (χ4n) is 2.46. The van der Waals surface area contributed by atoms with E-state index in [-0.39, 0.29) is 11.9 Å². The second-order valence-electron chi connectivity index (χ2n) is 5.00. The first-order valence-electron chi connectivity index (χ1n) is 6.78. The molecule has 1 aliphatic heterocycles. The van der Waals surface area contributed by atoms with Crippen LogP contribution in [0.15, 0.2) is 30.3 Å². The molecule has 1 atom stereocenters. The molecule has 0 aliphatic carbocycles. The lowest BCUT2D eigenvalue weighted by molar-refractivity contribution is 0.0622. The zero-order valence-electron chi connectivity index (χ0n) is 11.1. The number of nitrogens with one attached hydrogen (secondary N) is 1. The molecular formula is C15H17N3O2. The van der Waals surface area contributed by atoms with Crippen LogP contribution in [0.5, 0.6) is 0 Å². The number of benzene rings is 1. The van der Waals surface area contributed by atoms with Crippen molar-refractivity contribution in [2.24, 2.45) is 0 Å². The van der Waals surface area contributed by atoms with Crippen molar-refractivity contribution in [2.75, 3.05) is 18.9 Å². The van der Waals surface area contributed by atoms with Crippen molar-refractivity contribution < 1.29 is 9.53 Å². The third kappa shape index (κ3) is 2.58. The van der Waals surface area contributed by atoms with Crippen molar-refractivity contribution in [1.29, 1.82) is 0 Å². The molecule has 1 aromatic heterocycles. The topological polar surface area (TPSA) is 77.2 Å². The summed E-state index contributed by atoms with van der Waals surface area (Å²) in [7, 11) is 0. The maximum atomic E-state index is 12.2. The molecule has 5 nitrogen and oxygen atoms in total. The lowest BCUT2D eigenvalue weighted by Crippen LogP contribution is -2.40. The molecule has 1 aliphatic rings. The number of nitrogen functional groups attached to an aromatic ring is 1. The van der Waals surface area contributed by atoms with Crippen LogP contribution in [0.2, 0.25) is 0 Å². The van der Waals surface area contributed by atoms with Gasteiger partial charge in [0.25, 0.3) is 5.91 Å². The Bertz CT molecular complexity index is 636. The van der Waals surface area contributed by atoms with Gasteiger partial charge in [-0.15, -0.1) is 0 Å². The van der Waals surface area contributed by atoms with Crippen LogP contribution in [-0.4, -0.2) is 30.1 Å². The van der Waals surface area contributed by atoms with Gasteiger partial charge in [-0.25, -0.2) is 4.98 Å². The van der Waals surface area contributed by atoms with E-state index >= 15 is 0 Å². The third-order valence-corrected chi connectivity index (χ3v) is 3.50. The average molecular weight is 271 g/mol. The van der Waals surface area contributed by atoms with Gasteiger partial charge in [0.1, 0.15) is 11.5 Å². The average Bonchev–Trinajstić information content (AvgIpc) is 2.48. The van der Waals surface area contributed by atoms with Crippen molar-refractivity contribution in [2.45, 2.75) is 18.9 Å². The molecule has 20 heavy (non-hydrogen) atoms. The molecule has 1 aromatic carbocycles. The van der Waals surface area contributed by atoms with Crippen molar-refractivity contribution in [3.63, 3.8) is 0 Å². The second kappa shape index (κ2) is 5.46. The van der Waals surface area contributed by atoms with Crippen LogP contribution in [0, 0.1) is 0 Å². The van der Waals surface area contributed by atoms with E-state index in [0.717, 1.165) is 30.2 Å². The van der Waals surface area contributed by atoms with Crippen LogP contribution in [0.25, 0.3) is 10.8 Å². The number of amides is 1. The van der Waals surface area contributed by atoms with E-state index in [1.165, 1.54) is 0 Å². The van der Waals surface area contributed by atoms with Crippen molar-refractivity contribution >= 4 is 22.5 Å². The summed E-state index contributed by atoms with van der Waals surface area (Å²) in [6.07, 6.45) is 1.91. The Hall–Kier alpha value is -2.14. The van der Waals surface area contributed by atoms with E-state index in [9.17, 15) is 4.79 Å². The molecule has 1 fully saturated rings. The molecule has 0 bridgehead atoms. The maximum Gasteiger partial charge on any atom is 0.270 e. The predicted molar refractivity (Wildman–Crippen MR) is 77.5 cm³/mol. The molecule has 0 radical (unpaired) electrons. The number of nitrogens with two attached hydrogens (primary N) is 1. The van der Waals surface area contributed by atoms with Crippen LogP contribution in [-0.2, 0) is 4.74 Å². The number of nitrogens with zero attached hydrogens (tertiary/aromatic N) is 1.